The van der Waals surface area contributed by atoms with E-state index >= 15 is 0 Å². The molecule has 1 aromatic heterocycles. The highest BCUT2D eigenvalue weighted by molar-refractivity contribution is 6.88. The Morgan fingerprint density at radius 1 is 1.27 bits per heavy atom. The Balaban J connectivity index is 2.40. The summed E-state index contributed by atoms with van der Waals surface area (Å²) in [6, 6.07) is 6.36. The number of carbonyl (C=O) groups is 1. The SMILES string of the molecule is C[Si](C)(C)c1ccc(Nc2cc(Cl)cnc2C(=O)O)c(F)c1. The van der Waals surface area contributed by atoms with E-state index in [-0.39, 0.29) is 22.1 Å². The summed E-state index contributed by atoms with van der Waals surface area (Å²) < 4.78 is 14.3. The van der Waals surface area contributed by atoms with Gasteiger partial charge in [0.1, 0.15) is 5.82 Å². The molecule has 2 aromatic rings. The molecule has 4 nitrogen and oxygen atoms in total. The smallest absolute Gasteiger partial charge is 0.356 e. The van der Waals surface area contributed by atoms with Crippen molar-refractivity contribution in [2.24, 2.45) is 0 Å². The molecule has 22 heavy (non-hydrogen) atoms. The van der Waals surface area contributed by atoms with Gasteiger partial charge in [-0.05, 0) is 18.2 Å². The van der Waals surface area contributed by atoms with Gasteiger partial charge in [0.15, 0.2) is 5.69 Å². The van der Waals surface area contributed by atoms with E-state index in [1.165, 1.54) is 18.3 Å². The van der Waals surface area contributed by atoms with Crippen LogP contribution in [0.15, 0.2) is 30.5 Å². The fourth-order valence-corrected chi connectivity index (χ4v) is 3.23. The normalized spacial score (nSPS) is 11.3. The van der Waals surface area contributed by atoms with Crippen molar-refractivity contribution in [3.05, 3.63) is 47.0 Å². The number of halogens is 2. The highest BCUT2D eigenvalue weighted by Gasteiger charge is 2.19. The van der Waals surface area contributed by atoms with E-state index in [1.54, 1.807) is 6.07 Å². The molecule has 2 N–H and O–H groups in total. The first-order chi connectivity index (χ1) is 10.2. The number of hydrogen-bond acceptors (Lipinski definition) is 3. The molecule has 0 unspecified atom stereocenters. The third-order valence-electron chi connectivity index (χ3n) is 3.16. The summed E-state index contributed by atoms with van der Waals surface area (Å²) in [5.74, 6) is -1.64. The van der Waals surface area contributed by atoms with Crippen molar-refractivity contribution < 1.29 is 14.3 Å². The second-order valence-electron chi connectivity index (χ2n) is 5.92. The number of carboxylic acids is 1. The zero-order chi connectivity index (χ0) is 16.5. The third-order valence-corrected chi connectivity index (χ3v) is 5.41. The molecule has 0 radical (unpaired) electrons. The second kappa shape index (κ2) is 6.06. The van der Waals surface area contributed by atoms with E-state index in [1.807, 2.05) is 6.07 Å². The Morgan fingerprint density at radius 3 is 2.50 bits per heavy atom. The Bertz CT molecular complexity index is 732. The Hall–Kier alpha value is -1.92. The van der Waals surface area contributed by atoms with Gasteiger partial charge in [-0.1, -0.05) is 42.5 Å². The van der Waals surface area contributed by atoms with Crippen LogP contribution in [0.5, 0.6) is 0 Å². The number of aromatic carboxylic acids is 1. The molecular weight excluding hydrogens is 323 g/mol. The molecule has 2 rings (SSSR count). The molecular formula is C15H16ClFN2O2Si. The first-order valence-corrected chi connectivity index (χ1v) is 10.5. The fraction of sp³-hybridized carbons (Fsp3) is 0.200. The van der Waals surface area contributed by atoms with Gasteiger partial charge in [-0.25, -0.2) is 14.2 Å². The number of aromatic nitrogens is 1. The summed E-state index contributed by atoms with van der Waals surface area (Å²) in [6.45, 7) is 6.37. The van der Waals surface area contributed by atoms with Gasteiger partial charge < -0.3 is 10.4 Å². The molecule has 0 atom stereocenters. The summed E-state index contributed by atoms with van der Waals surface area (Å²) in [7, 11) is -1.61. The summed E-state index contributed by atoms with van der Waals surface area (Å²) in [5.41, 5.74) is 0.131. The largest absolute Gasteiger partial charge is 0.476 e. The van der Waals surface area contributed by atoms with Crippen LogP contribution < -0.4 is 10.5 Å². The van der Waals surface area contributed by atoms with Gasteiger partial charge in [-0.15, -0.1) is 0 Å². The van der Waals surface area contributed by atoms with Crippen LogP contribution in [0.3, 0.4) is 0 Å². The predicted octanol–water partition coefficient (Wildman–Crippen LogP) is 3.86. The van der Waals surface area contributed by atoms with E-state index in [4.69, 9.17) is 16.7 Å². The van der Waals surface area contributed by atoms with Gasteiger partial charge in [-0.3, -0.25) is 0 Å². The highest BCUT2D eigenvalue weighted by Crippen LogP contribution is 2.24. The number of nitrogens with one attached hydrogen (secondary N) is 1. The minimum Gasteiger partial charge on any atom is -0.476 e. The maximum Gasteiger partial charge on any atom is 0.356 e. The first kappa shape index (κ1) is 16.4. The molecule has 0 amide bonds. The van der Waals surface area contributed by atoms with E-state index in [2.05, 4.69) is 29.9 Å². The van der Waals surface area contributed by atoms with E-state index in [0.717, 1.165) is 5.19 Å². The lowest BCUT2D eigenvalue weighted by Gasteiger charge is -2.18. The molecule has 0 aliphatic carbocycles. The van der Waals surface area contributed by atoms with Gasteiger partial charge in [0.05, 0.1) is 24.5 Å². The molecule has 1 heterocycles. The van der Waals surface area contributed by atoms with Gasteiger partial charge >= 0.3 is 5.97 Å². The maximum absolute atomic E-state index is 14.3. The summed E-state index contributed by atoms with van der Waals surface area (Å²) in [5, 5.41) is 13.1. The summed E-state index contributed by atoms with van der Waals surface area (Å²) in [6.07, 6.45) is 1.24. The summed E-state index contributed by atoms with van der Waals surface area (Å²) in [4.78, 5) is 14.9. The van der Waals surface area contributed by atoms with Crippen molar-refractivity contribution in [1.82, 2.24) is 4.98 Å². The number of benzene rings is 1. The number of pyridine rings is 1. The number of hydrogen-bond donors (Lipinski definition) is 2. The molecule has 7 heteroatoms. The van der Waals surface area contributed by atoms with Gasteiger partial charge in [0.25, 0.3) is 0 Å². The standard InChI is InChI=1S/C15H16ClFN2O2Si/c1-22(2,3)10-4-5-12(11(17)7-10)19-13-6-9(16)8-18-14(13)15(20)21/h4-8,19H,1-3H3,(H,20,21). The fourth-order valence-electron chi connectivity index (χ4n) is 1.93. The van der Waals surface area contributed by atoms with Crippen LogP contribution in [0.2, 0.25) is 24.7 Å². The van der Waals surface area contributed by atoms with Crippen LogP contribution in [-0.2, 0) is 0 Å². The van der Waals surface area contributed by atoms with Crippen molar-refractivity contribution >= 4 is 42.2 Å². The molecule has 0 saturated carbocycles. The van der Waals surface area contributed by atoms with Gasteiger partial charge in [0, 0.05) is 6.20 Å². The molecule has 0 saturated heterocycles. The van der Waals surface area contributed by atoms with Crippen LogP contribution in [0.25, 0.3) is 0 Å². The van der Waals surface area contributed by atoms with Crippen LogP contribution in [0.1, 0.15) is 10.5 Å². The number of carboxylic acid groups (broad SMARTS) is 1. The average molecular weight is 339 g/mol. The lowest BCUT2D eigenvalue weighted by molar-refractivity contribution is 0.0691. The number of rotatable bonds is 4. The van der Waals surface area contributed by atoms with Crippen LogP contribution in [-0.4, -0.2) is 24.1 Å². The maximum atomic E-state index is 14.3. The average Bonchev–Trinajstić information content (AvgIpc) is 2.39. The lowest BCUT2D eigenvalue weighted by atomic mass is 10.2. The minimum absolute atomic E-state index is 0.152. The zero-order valence-electron chi connectivity index (χ0n) is 12.4. The number of anilines is 2. The van der Waals surface area contributed by atoms with Gasteiger partial charge in [0.2, 0.25) is 0 Å². The molecule has 1 aromatic carbocycles. The Morgan fingerprint density at radius 2 is 1.95 bits per heavy atom. The third kappa shape index (κ3) is 3.64. The molecule has 0 bridgehead atoms. The predicted molar refractivity (Wildman–Crippen MR) is 88.9 cm³/mol. The van der Waals surface area contributed by atoms with Crippen molar-refractivity contribution in [3.8, 4) is 0 Å². The topological polar surface area (TPSA) is 62.2 Å². The molecule has 0 spiro atoms. The summed E-state index contributed by atoms with van der Waals surface area (Å²) >= 11 is 5.83. The van der Waals surface area contributed by atoms with Crippen molar-refractivity contribution in [1.29, 1.82) is 0 Å². The number of nitrogens with zero attached hydrogens (tertiary/aromatic N) is 1. The highest BCUT2D eigenvalue weighted by atomic mass is 35.5. The monoisotopic (exact) mass is 338 g/mol. The molecule has 0 fully saturated rings. The van der Waals surface area contributed by atoms with E-state index < -0.39 is 19.9 Å². The Labute approximate surface area is 134 Å². The molecule has 0 aliphatic heterocycles. The minimum atomic E-state index is -1.61. The molecule has 0 aliphatic rings. The second-order valence-corrected chi connectivity index (χ2v) is 11.4. The first-order valence-electron chi connectivity index (χ1n) is 6.64. The lowest BCUT2D eigenvalue weighted by Crippen LogP contribution is -2.37. The van der Waals surface area contributed by atoms with Gasteiger partial charge in [-0.2, -0.15) is 0 Å². The van der Waals surface area contributed by atoms with Crippen LogP contribution >= 0.6 is 11.6 Å². The van der Waals surface area contributed by atoms with Crippen LogP contribution in [0, 0.1) is 5.82 Å². The van der Waals surface area contributed by atoms with Crippen molar-refractivity contribution in [3.63, 3.8) is 0 Å². The Kier molecular flexibility index (Phi) is 4.53. The quantitative estimate of drug-likeness (QED) is 0.831. The van der Waals surface area contributed by atoms with Crippen molar-refractivity contribution in [2.75, 3.05) is 5.32 Å². The molecule has 116 valence electrons. The van der Waals surface area contributed by atoms with E-state index in [0.29, 0.717) is 0 Å². The van der Waals surface area contributed by atoms with Crippen molar-refractivity contribution in [2.45, 2.75) is 19.6 Å². The van der Waals surface area contributed by atoms with E-state index in [9.17, 15) is 9.18 Å². The van der Waals surface area contributed by atoms with Crippen LogP contribution in [0.4, 0.5) is 15.8 Å². The zero-order valence-corrected chi connectivity index (χ0v) is 14.2.